The summed E-state index contributed by atoms with van der Waals surface area (Å²) in [5.41, 5.74) is 4.40. The van der Waals surface area contributed by atoms with Crippen LogP contribution in [-0.2, 0) is 22.7 Å². The fourth-order valence-corrected chi connectivity index (χ4v) is 2.86. The first-order valence-electron chi connectivity index (χ1n) is 7.81. The van der Waals surface area contributed by atoms with Crippen LogP contribution in [0.4, 0.5) is 11.4 Å². The second-order valence-electron chi connectivity index (χ2n) is 6.04. The third-order valence-electron chi connectivity index (χ3n) is 4.12. The predicted octanol–water partition coefficient (Wildman–Crippen LogP) is 2.98. The van der Waals surface area contributed by atoms with Gasteiger partial charge < -0.3 is 14.5 Å². The summed E-state index contributed by atoms with van der Waals surface area (Å²) in [6.45, 7) is 2.06. The molecule has 0 N–H and O–H groups in total. The van der Waals surface area contributed by atoms with Crippen molar-refractivity contribution in [1.82, 2.24) is 0 Å². The molecule has 2 aromatic carbocycles. The van der Waals surface area contributed by atoms with Crippen LogP contribution in [0.25, 0.3) is 0 Å². The summed E-state index contributed by atoms with van der Waals surface area (Å²) < 4.78 is 5.11. The number of esters is 1. The van der Waals surface area contributed by atoms with Crippen LogP contribution in [0.1, 0.15) is 28.4 Å². The van der Waals surface area contributed by atoms with Gasteiger partial charge in [-0.05, 0) is 29.8 Å². The average molecular weight is 324 g/mol. The maximum Gasteiger partial charge on any atom is 0.302 e. The first-order valence-corrected chi connectivity index (χ1v) is 7.81. The van der Waals surface area contributed by atoms with Gasteiger partial charge in [-0.15, -0.1) is 0 Å². The number of para-hydroxylation sites is 1. The third-order valence-corrected chi connectivity index (χ3v) is 4.12. The summed E-state index contributed by atoms with van der Waals surface area (Å²) in [6, 6.07) is 13.4. The second kappa shape index (κ2) is 6.35. The molecule has 0 atom stereocenters. The lowest BCUT2D eigenvalue weighted by Crippen LogP contribution is -2.24. The van der Waals surface area contributed by atoms with Gasteiger partial charge in [-0.1, -0.05) is 18.2 Å². The number of nitrogens with zero attached hydrogens (tertiary/aromatic N) is 2. The molecule has 5 heteroatoms. The van der Waals surface area contributed by atoms with Crippen LogP contribution in [0.3, 0.4) is 0 Å². The molecule has 0 radical (unpaired) electrons. The number of fused-ring (bicyclic) bond motifs is 1. The van der Waals surface area contributed by atoms with Gasteiger partial charge in [0, 0.05) is 37.8 Å². The molecule has 0 bridgehead atoms. The lowest BCUT2D eigenvalue weighted by atomic mass is 10.1. The van der Waals surface area contributed by atoms with E-state index in [0.717, 1.165) is 28.1 Å². The minimum Gasteiger partial charge on any atom is -0.461 e. The molecule has 24 heavy (non-hydrogen) atoms. The van der Waals surface area contributed by atoms with Crippen molar-refractivity contribution >= 4 is 23.3 Å². The third kappa shape index (κ3) is 2.97. The number of hydrogen-bond donors (Lipinski definition) is 0. The zero-order chi connectivity index (χ0) is 17.3. The van der Waals surface area contributed by atoms with Gasteiger partial charge in [-0.3, -0.25) is 9.59 Å². The fraction of sp³-hybridized carbons (Fsp3) is 0.263. The van der Waals surface area contributed by atoms with E-state index >= 15 is 0 Å². The number of benzene rings is 2. The normalized spacial score (nSPS) is 13.0. The Morgan fingerprint density at radius 2 is 1.96 bits per heavy atom. The molecule has 1 heterocycles. The Balaban J connectivity index is 1.92. The molecule has 0 aromatic heterocycles. The van der Waals surface area contributed by atoms with Gasteiger partial charge in [0.05, 0.1) is 12.2 Å². The van der Waals surface area contributed by atoms with Crippen LogP contribution in [0, 0.1) is 0 Å². The summed E-state index contributed by atoms with van der Waals surface area (Å²) in [5, 5.41) is 0. The van der Waals surface area contributed by atoms with Crippen molar-refractivity contribution in [2.24, 2.45) is 0 Å². The predicted molar refractivity (Wildman–Crippen MR) is 93.2 cm³/mol. The topological polar surface area (TPSA) is 49.9 Å². The molecule has 124 valence electrons. The highest BCUT2D eigenvalue weighted by Crippen LogP contribution is 2.32. The van der Waals surface area contributed by atoms with E-state index in [9.17, 15) is 9.59 Å². The van der Waals surface area contributed by atoms with E-state index in [1.54, 1.807) is 4.90 Å². The molecule has 0 aliphatic carbocycles. The van der Waals surface area contributed by atoms with Gasteiger partial charge in [0.25, 0.3) is 5.91 Å². The van der Waals surface area contributed by atoms with Crippen molar-refractivity contribution in [2.75, 3.05) is 23.9 Å². The maximum atomic E-state index is 12.8. The first kappa shape index (κ1) is 16.1. The Morgan fingerprint density at radius 1 is 1.21 bits per heavy atom. The molecule has 0 fully saturated rings. The van der Waals surface area contributed by atoms with Crippen LogP contribution in [0.15, 0.2) is 42.5 Å². The molecule has 1 aliphatic rings. The van der Waals surface area contributed by atoms with E-state index in [1.807, 2.05) is 61.5 Å². The standard InChI is InChI=1S/C19H20N2O3/c1-13(22)24-12-14-6-4-5-7-18(14)21-11-15-10-16(20(2)3)8-9-17(15)19(21)23/h4-10H,11-12H2,1-3H3. The fourth-order valence-electron chi connectivity index (χ4n) is 2.86. The Bertz CT molecular complexity index is 799. The highest BCUT2D eigenvalue weighted by atomic mass is 16.5. The van der Waals surface area contributed by atoms with E-state index in [1.165, 1.54) is 6.92 Å². The zero-order valence-electron chi connectivity index (χ0n) is 14.1. The van der Waals surface area contributed by atoms with Crippen molar-refractivity contribution in [1.29, 1.82) is 0 Å². The molecular formula is C19H20N2O3. The Morgan fingerprint density at radius 3 is 2.67 bits per heavy atom. The number of carbonyl (C=O) groups is 2. The minimum atomic E-state index is -0.337. The molecule has 0 spiro atoms. The second-order valence-corrected chi connectivity index (χ2v) is 6.04. The van der Waals surface area contributed by atoms with Crippen molar-refractivity contribution in [2.45, 2.75) is 20.1 Å². The van der Waals surface area contributed by atoms with Gasteiger partial charge in [0.15, 0.2) is 0 Å². The number of amides is 1. The smallest absolute Gasteiger partial charge is 0.302 e. The Kier molecular flexibility index (Phi) is 4.25. The summed E-state index contributed by atoms with van der Waals surface area (Å²) in [4.78, 5) is 27.6. The van der Waals surface area contributed by atoms with Gasteiger partial charge >= 0.3 is 5.97 Å². The molecule has 5 nitrogen and oxygen atoms in total. The molecule has 0 saturated heterocycles. The molecule has 3 rings (SSSR count). The highest BCUT2D eigenvalue weighted by molar-refractivity contribution is 6.10. The lowest BCUT2D eigenvalue weighted by Gasteiger charge is -2.19. The quantitative estimate of drug-likeness (QED) is 0.811. The van der Waals surface area contributed by atoms with E-state index in [0.29, 0.717) is 6.54 Å². The molecular weight excluding hydrogens is 304 g/mol. The van der Waals surface area contributed by atoms with Gasteiger partial charge in [0.1, 0.15) is 6.61 Å². The van der Waals surface area contributed by atoms with E-state index in [-0.39, 0.29) is 18.5 Å². The summed E-state index contributed by atoms with van der Waals surface area (Å²) in [7, 11) is 3.95. The largest absolute Gasteiger partial charge is 0.461 e. The summed E-state index contributed by atoms with van der Waals surface area (Å²) in [6.07, 6.45) is 0. The SMILES string of the molecule is CC(=O)OCc1ccccc1N1Cc2cc(N(C)C)ccc2C1=O. The van der Waals surface area contributed by atoms with Crippen LogP contribution < -0.4 is 9.80 Å². The van der Waals surface area contributed by atoms with E-state index < -0.39 is 0 Å². The maximum absolute atomic E-state index is 12.8. The van der Waals surface area contributed by atoms with Gasteiger partial charge in [-0.25, -0.2) is 0 Å². The number of anilines is 2. The van der Waals surface area contributed by atoms with Crippen LogP contribution in [0.2, 0.25) is 0 Å². The Labute approximate surface area is 141 Å². The van der Waals surface area contributed by atoms with Gasteiger partial charge in [0.2, 0.25) is 0 Å². The first-order chi connectivity index (χ1) is 11.5. The van der Waals surface area contributed by atoms with E-state index in [2.05, 4.69) is 0 Å². The molecule has 1 aliphatic heterocycles. The average Bonchev–Trinajstić information content (AvgIpc) is 2.89. The molecule has 0 unspecified atom stereocenters. The monoisotopic (exact) mass is 324 g/mol. The molecule has 0 saturated carbocycles. The minimum absolute atomic E-state index is 0.0226. The van der Waals surface area contributed by atoms with Crippen LogP contribution in [-0.4, -0.2) is 26.0 Å². The number of carbonyl (C=O) groups excluding carboxylic acids is 2. The van der Waals surface area contributed by atoms with Crippen molar-refractivity contribution in [3.8, 4) is 0 Å². The van der Waals surface area contributed by atoms with E-state index in [4.69, 9.17) is 4.74 Å². The number of ether oxygens (including phenoxy) is 1. The summed E-state index contributed by atoms with van der Waals surface area (Å²) >= 11 is 0. The molecule has 2 aromatic rings. The number of rotatable bonds is 4. The van der Waals surface area contributed by atoms with Crippen molar-refractivity contribution < 1.29 is 14.3 Å². The highest BCUT2D eigenvalue weighted by Gasteiger charge is 2.30. The van der Waals surface area contributed by atoms with Gasteiger partial charge in [-0.2, -0.15) is 0 Å². The van der Waals surface area contributed by atoms with Crippen LogP contribution in [0.5, 0.6) is 0 Å². The Hall–Kier alpha value is -2.82. The molecule has 1 amide bonds. The van der Waals surface area contributed by atoms with Crippen molar-refractivity contribution in [3.05, 3.63) is 59.2 Å². The van der Waals surface area contributed by atoms with Crippen molar-refractivity contribution in [3.63, 3.8) is 0 Å². The number of hydrogen-bond acceptors (Lipinski definition) is 4. The lowest BCUT2D eigenvalue weighted by molar-refractivity contribution is -0.142. The van der Waals surface area contributed by atoms with Crippen LogP contribution >= 0.6 is 0 Å². The summed E-state index contributed by atoms with van der Waals surface area (Å²) in [5.74, 6) is -0.359. The zero-order valence-corrected chi connectivity index (χ0v) is 14.1.